The van der Waals surface area contributed by atoms with Crippen molar-refractivity contribution in [1.29, 1.82) is 0 Å². The standard InChI is InChI=1S/C23H22F2N8O/c24-14-2-1-3-16(10-14)33-13-27-20-21(30-23(31-22(20)33)32-6-8-34-9-7-32)26-12-19-28-17-5-4-15(25)11-18(17)29-19/h1-5,10-11,13,22,26H,6-9,12H2,(H,28,29)(H,30,31). The number of ether oxygens (including phenoxy) is 1. The molecule has 1 aromatic heterocycles. The number of aliphatic imine (C=N–C) groups is 2. The second-order valence-electron chi connectivity index (χ2n) is 8.14. The maximum Gasteiger partial charge on any atom is 0.202 e. The summed E-state index contributed by atoms with van der Waals surface area (Å²) in [6.45, 7) is 3.00. The Morgan fingerprint density at radius 3 is 2.79 bits per heavy atom. The molecule has 0 bridgehead atoms. The molecule has 1 saturated heterocycles. The number of H-pyrrole nitrogens is 1. The van der Waals surface area contributed by atoms with Crippen molar-refractivity contribution in [3.8, 4) is 0 Å². The molecule has 3 aromatic rings. The molecule has 1 unspecified atom stereocenters. The van der Waals surface area contributed by atoms with Crippen molar-refractivity contribution in [3.63, 3.8) is 0 Å². The van der Waals surface area contributed by atoms with Crippen LogP contribution in [0.4, 0.5) is 14.5 Å². The van der Waals surface area contributed by atoms with Crippen LogP contribution < -0.4 is 15.5 Å². The predicted octanol–water partition coefficient (Wildman–Crippen LogP) is 2.27. The fraction of sp³-hybridized carbons (Fsp3) is 0.261. The van der Waals surface area contributed by atoms with Crippen LogP contribution in [0.1, 0.15) is 5.82 Å². The summed E-state index contributed by atoms with van der Waals surface area (Å²) in [6.07, 6.45) is 1.21. The van der Waals surface area contributed by atoms with Crippen LogP contribution >= 0.6 is 0 Å². The monoisotopic (exact) mass is 464 g/mol. The Hall–Kier alpha value is -3.99. The summed E-state index contributed by atoms with van der Waals surface area (Å²) in [5.41, 5.74) is 2.67. The Morgan fingerprint density at radius 1 is 1.09 bits per heavy atom. The zero-order valence-electron chi connectivity index (χ0n) is 18.1. The molecule has 1 fully saturated rings. The molecular weight excluding hydrogens is 442 g/mol. The molecule has 0 amide bonds. The van der Waals surface area contributed by atoms with E-state index in [9.17, 15) is 8.78 Å². The Labute approximate surface area is 193 Å². The van der Waals surface area contributed by atoms with Gasteiger partial charge in [0, 0.05) is 18.8 Å². The van der Waals surface area contributed by atoms with Gasteiger partial charge >= 0.3 is 0 Å². The molecule has 0 spiro atoms. The van der Waals surface area contributed by atoms with Gasteiger partial charge in [-0.25, -0.2) is 23.7 Å². The van der Waals surface area contributed by atoms with Crippen LogP contribution in [0.5, 0.6) is 0 Å². The second-order valence-corrected chi connectivity index (χ2v) is 8.14. The van der Waals surface area contributed by atoms with Gasteiger partial charge in [0.15, 0.2) is 6.17 Å². The number of hydrogen-bond acceptors (Lipinski definition) is 8. The van der Waals surface area contributed by atoms with E-state index in [0.717, 1.165) is 0 Å². The van der Waals surface area contributed by atoms with Gasteiger partial charge in [-0.05, 0) is 36.4 Å². The molecule has 2 aromatic carbocycles. The van der Waals surface area contributed by atoms with E-state index < -0.39 is 6.17 Å². The summed E-state index contributed by atoms with van der Waals surface area (Å²) >= 11 is 0. The van der Waals surface area contributed by atoms with Gasteiger partial charge in [-0.1, -0.05) is 6.07 Å². The van der Waals surface area contributed by atoms with Crippen molar-refractivity contribution in [2.75, 3.05) is 31.2 Å². The first-order valence-electron chi connectivity index (χ1n) is 11.0. The lowest BCUT2D eigenvalue weighted by Crippen LogP contribution is -2.52. The number of nitrogens with one attached hydrogen (secondary N) is 3. The fourth-order valence-corrected chi connectivity index (χ4v) is 4.23. The SMILES string of the molecule is Fc1cccc(N2C=NC3=C(NCc4nc5ccc(F)cc5[nH]4)NC(N4CCOCC4)=NC32)c1. The second kappa shape index (κ2) is 8.41. The van der Waals surface area contributed by atoms with Crippen molar-refractivity contribution < 1.29 is 13.5 Å². The molecule has 1 atom stereocenters. The van der Waals surface area contributed by atoms with Crippen molar-refractivity contribution in [1.82, 2.24) is 25.5 Å². The Kier molecular flexibility index (Phi) is 5.10. The molecule has 0 saturated carbocycles. The van der Waals surface area contributed by atoms with Gasteiger partial charge < -0.3 is 30.2 Å². The van der Waals surface area contributed by atoms with Gasteiger partial charge in [0.05, 0.1) is 37.1 Å². The number of guanidine groups is 1. The van der Waals surface area contributed by atoms with Gasteiger partial charge in [0.1, 0.15) is 29.0 Å². The van der Waals surface area contributed by atoms with Crippen LogP contribution in [0.15, 0.2) is 64.0 Å². The third-order valence-corrected chi connectivity index (χ3v) is 5.91. The van der Waals surface area contributed by atoms with Gasteiger partial charge in [-0.15, -0.1) is 0 Å². The quantitative estimate of drug-likeness (QED) is 0.549. The fourth-order valence-electron chi connectivity index (χ4n) is 4.23. The predicted molar refractivity (Wildman–Crippen MR) is 124 cm³/mol. The van der Waals surface area contributed by atoms with Crippen LogP contribution in [-0.2, 0) is 11.3 Å². The summed E-state index contributed by atoms with van der Waals surface area (Å²) in [6, 6.07) is 10.8. The number of imidazole rings is 1. The highest BCUT2D eigenvalue weighted by atomic mass is 19.1. The largest absolute Gasteiger partial charge is 0.378 e. The number of morpholine rings is 1. The molecule has 9 nitrogen and oxygen atoms in total. The van der Waals surface area contributed by atoms with E-state index in [1.807, 2.05) is 11.0 Å². The highest BCUT2D eigenvalue weighted by molar-refractivity contribution is 5.90. The van der Waals surface area contributed by atoms with Crippen LogP contribution in [0.25, 0.3) is 11.0 Å². The maximum absolute atomic E-state index is 13.9. The smallest absolute Gasteiger partial charge is 0.202 e. The third-order valence-electron chi connectivity index (χ3n) is 5.91. The number of anilines is 1. The zero-order valence-corrected chi connectivity index (χ0v) is 18.1. The number of rotatable bonds is 4. The molecule has 6 rings (SSSR count). The molecular formula is C23H22F2N8O. The van der Waals surface area contributed by atoms with Crippen molar-refractivity contribution in [2.45, 2.75) is 12.7 Å². The number of halogens is 2. The molecule has 3 N–H and O–H groups in total. The average molecular weight is 464 g/mol. The van der Waals surface area contributed by atoms with Crippen LogP contribution in [0.2, 0.25) is 0 Å². The van der Waals surface area contributed by atoms with Gasteiger partial charge in [0.25, 0.3) is 0 Å². The van der Waals surface area contributed by atoms with Crippen molar-refractivity contribution in [3.05, 3.63) is 71.4 Å². The van der Waals surface area contributed by atoms with E-state index in [1.165, 1.54) is 24.3 Å². The first-order chi connectivity index (χ1) is 16.6. The summed E-state index contributed by atoms with van der Waals surface area (Å²) in [7, 11) is 0. The maximum atomic E-state index is 13.9. The molecule has 11 heteroatoms. The minimum atomic E-state index is -0.451. The number of hydrogen-bond donors (Lipinski definition) is 3. The van der Waals surface area contributed by atoms with E-state index in [-0.39, 0.29) is 11.6 Å². The molecule has 0 aliphatic carbocycles. The van der Waals surface area contributed by atoms with E-state index in [4.69, 9.17) is 9.73 Å². The van der Waals surface area contributed by atoms with Crippen LogP contribution in [0, 0.1) is 11.6 Å². The van der Waals surface area contributed by atoms with Crippen LogP contribution in [-0.4, -0.2) is 59.6 Å². The Morgan fingerprint density at radius 2 is 1.94 bits per heavy atom. The Balaban J connectivity index is 1.30. The lowest BCUT2D eigenvalue weighted by molar-refractivity contribution is 0.0664. The minimum Gasteiger partial charge on any atom is -0.378 e. The molecule has 3 aliphatic heterocycles. The van der Waals surface area contributed by atoms with Crippen LogP contribution in [0.3, 0.4) is 0 Å². The van der Waals surface area contributed by atoms with E-state index in [0.29, 0.717) is 72.9 Å². The van der Waals surface area contributed by atoms with E-state index >= 15 is 0 Å². The summed E-state index contributed by atoms with van der Waals surface area (Å²) < 4.78 is 32.9. The summed E-state index contributed by atoms with van der Waals surface area (Å²) in [5.74, 6) is 1.39. The Bertz CT molecular complexity index is 1330. The summed E-state index contributed by atoms with van der Waals surface area (Å²) in [5, 5.41) is 6.73. The lowest BCUT2D eigenvalue weighted by Gasteiger charge is -2.35. The first kappa shape index (κ1) is 20.6. The van der Waals surface area contributed by atoms with E-state index in [1.54, 1.807) is 18.5 Å². The van der Waals surface area contributed by atoms with Crippen molar-refractivity contribution >= 4 is 29.0 Å². The first-order valence-corrected chi connectivity index (χ1v) is 11.0. The molecule has 3 aliphatic rings. The number of benzene rings is 2. The number of nitrogens with zero attached hydrogens (tertiary/aromatic N) is 5. The highest BCUT2D eigenvalue weighted by Crippen LogP contribution is 2.29. The summed E-state index contributed by atoms with van der Waals surface area (Å²) in [4.78, 5) is 21.1. The minimum absolute atomic E-state index is 0.318. The van der Waals surface area contributed by atoms with E-state index in [2.05, 4.69) is 30.5 Å². The third kappa shape index (κ3) is 3.83. The number of aromatic nitrogens is 2. The molecule has 34 heavy (non-hydrogen) atoms. The number of aromatic amines is 1. The topological polar surface area (TPSA) is 93.2 Å². The average Bonchev–Trinajstić information content (AvgIpc) is 3.46. The molecule has 0 radical (unpaired) electrons. The van der Waals surface area contributed by atoms with Gasteiger partial charge in [-0.2, -0.15) is 0 Å². The van der Waals surface area contributed by atoms with Gasteiger partial charge in [-0.3, -0.25) is 0 Å². The number of fused-ring (bicyclic) bond motifs is 2. The lowest BCUT2D eigenvalue weighted by atomic mass is 10.2. The van der Waals surface area contributed by atoms with Gasteiger partial charge in [0.2, 0.25) is 5.96 Å². The normalized spacial score (nSPS) is 19.9. The highest BCUT2D eigenvalue weighted by Gasteiger charge is 2.35. The zero-order chi connectivity index (χ0) is 23.1. The van der Waals surface area contributed by atoms with Crippen molar-refractivity contribution in [2.24, 2.45) is 9.98 Å². The molecule has 4 heterocycles. The molecule has 174 valence electrons.